The molecule has 3 rings (SSSR count). The summed E-state index contributed by atoms with van der Waals surface area (Å²) in [6.07, 6.45) is 2.73. The number of hydrogen-bond acceptors (Lipinski definition) is 5. The Morgan fingerprint density at radius 1 is 1.21 bits per heavy atom. The van der Waals surface area contributed by atoms with E-state index < -0.39 is 0 Å². The molecule has 156 valence electrons. The van der Waals surface area contributed by atoms with E-state index in [0.717, 1.165) is 43.6 Å². The van der Waals surface area contributed by atoms with Crippen LogP contribution in [0.2, 0.25) is 0 Å². The lowest BCUT2D eigenvalue weighted by Gasteiger charge is -2.25. The number of nitrogens with zero attached hydrogens (tertiary/aromatic N) is 5. The van der Waals surface area contributed by atoms with Gasteiger partial charge in [-0.25, -0.2) is 4.68 Å². The summed E-state index contributed by atoms with van der Waals surface area (Å²) in [4.78, 5) is 28.6. The number of aromatic nitrogens is 3. The van der Waals surface area contributed by atoms with Crippen LogP contribution in [0.1, 0.15) is 41.0 Å². The van der Waals surface area contributed by atoms with E-state index in [1.807, 2.05) is 38.1 Å². The number of benzene rings is 1. The summed E-state index contributed by atoms with van der Waals surface area (Å²) < 4.78 is 1.68. The molecular formula is C21H30N6O2. The third-order valence-corrected chi connectivity index (χ3v) is 5.39. The molecule has 1 saturated heterocycles. The highest BCUT2D eigenvalue weighted by atomic mass is 16.2. The molecule has 8 heteroatoms. The molecule has 1 atom stereocenters. The zero-order valence-electron chi connectivity index (χ0n) is 17.7. The van der Waals surface area contributed by atoms with Gasteiger partial charge >= 0.3 is 0 Å². The molecule has 0 bridgehead atoms. The van der Waals surface area contributed by atoms with Gasteiger partial charge in [-0.1, -0.05) is 22.9 Å². The number of nitrogens with one attached hydrogen (secondary N) is 1. The van der Waals surface area contributed by atoms with Gasteiger partial charge in [-0.15, -0.1) is 5.10 Å². The van der Waals surface area contributed by atoms with Crippen molar-refractivity contribution in [2.75, 3.05) is 33.7 Å². The van der Waals surface area contributed by atoms with Crippen LogP contribution in [0.3, 0.4) is 0 Å². The highest BCUT2D eigenvalue weighted by molar-refractivity contribution is 5.93. The molecule has 2 aromatic rings. The number of hydrogen-bond donors (Lipinski definition) is 1. The Hall–Kier alpha value is -2.74. The van der Waals surface area contributed by atoms with E-state index in [0.29, 0.717) is 17.9 Å². The Balaban J connectivity index is 1.51. The SMILES string of the molecule is Cc1ccc(-n2nnc(C(=O)NCCCN3CCC[C@@H]3C(=O)N(C)C)c2C)cc1. The Morgan fingerprint density at radius 2 is 1.93 bits per heavy atom. The molecule has 0 radical (unpaired) electrons. The fourth-order valence-electron chi connectivity index (χ4n) is 3.71. The van der Waals surface area contributed by atoms with Crippen molar-refractivity contribution in [3.05, 3.63) is 41.2 Å². The summed E-state index contributed by atoms with van der Waals surface area (Å²) >= 11 is 0. The molecule has 0 aliphatic carbocycles. The van der Waals surface area contributed by atoms with E-state index >= 15 is 0 Å². The van der Waals surface area contributed by atoms with Crippen LogP contribution in [0.25, 0.3) is 5.69 Å². The Labute approximate surface area is 171 Å². The van der Waals surface area contributed by atoms with Gasteiger partial charge in [0.25, 0.3) is 5.91 Å². The smallest absolute Gasteiger partial charge is 0.273 e. The van der Waals surface area contributed by atoms with Gasteiger partial charge in [0.15, 0.2) is 5.69 Å². The third kappa shape index (κ3) is 4.82. The van der Waals surface area contributed by atoms with Crippen LogP contribution in [0, 0.1) is 13.8 Å². The van der Waals surface area contributed by atoms with Gasteiger partial charge in [0.05, 0.1) is 17.4 Å². The Kier molecular flexibility index (Phi) is 6.64. The first-order valence-corrected chi connectivity index (χ1v) is 10.1. The second-order valence-electron chi connectivity index (χ2n) is 7.81. The van der Waals surface area contributed by atoms with E-state index in [9.17, 15) is 9.59 Å². The van der Waals surface area contributed by atoms with Crippen LogP contribution in [0.5, 0.6) is 0 Å². The summed E-state index contributed by atoms with van der Waals surface area (Å²) in [7, 11) is 3.59. The Bertz CT molecular complexity index is 859. The number of aryl methyl sites for hydroxylation is 1. The van der Waals surface area contributed by atoms with E-state index in [1.165, 1.54) is 0 Å². The first-order chi connectivity index (χ1) is 13.9. The molecule has 8 nitrogen and oxygen atoms in total. The van der Waals surface area contributed by atoms with Crippen molar-refractivity contribution in [2.24, 2.45) is 0 Å². The normalized spacial score (nSPS) is 16.8. The van der Waals surface area contributed by atoms with E-state index in [1.54, 1.807) is 23.7 Å². The minimum atomic E-state index is -0.219. The van der Waals surface area contributed by atoms with Gasteiger partial charge in [0.1, 0.15) is 0 Å². The molecule has 1 aliphatic rings. The van der Waals surface area contributed by atoms with Crippen molar-refractivity contribution in [3.63, 3.8) is 0 Å². The monoisotopic (exact) mass is 398 g/mol. The van der Waals surface area contributed by atoms with Crippen LogP contribution in [0.4, 0.5) is 0 Å². The second kappa shape index (κ2) is 9.17. The highest BCUT2D eigenvalue weighted by Crippen LogP contribution is 2.19. The maximum Gasteiger partial charge on any atom is 0.273 e. The lowest BCUT2D eigenvalue weighted by molar-refractivity contribution is -0.133. The second-order valence-corrected chi connectivity index (χ2v) is 7.81. The van der Waals surface area contributed by atoms with Crippen molar-refractivity contribution < 1.29 is 9.59 Å². The van der Waals surface area contributed by atoms with Crippen LogP contribution in [0.15, 0.2) is 24.3 Å². The zero-order valence-corrected chi connectivity index (χ0v) is 17.7. The van der Waals surface area contributed by atoms with Gasteiger partial charge in [-0.2, -0.15) is 0 Å². The largest absolute Gasteiger partial charge is 0.351 e. The van der Waals surface area contributed by atoms with Gasteiger partial charge in [0.2, 0.25) is 5.91 Å². The minimum Gasteiger partial charge on any atom is -0.351 e. The molecular weight excluding hydrogens is 368 g/mol. The maximum atomic E-state index is 12.5. The first kappa shape index (κ1) is 21.0. The van der Waals surface area contributed by atoms with Crippen molar-refractivity contribution in [3.8, 4) is 5.69 Å². The molecule has 2 amide bonds. The highest BCUT2D eigenvalue weighted by Gasteiger charge is 2.31. The molecule has 1 aromatic carbocycles. The fraction of sp³-hybridized carbons (Fsp3) is 0.524. The predicted molar refractivity (Wildman–Crippen MR) is 111 cm³/mol. The molecule has 0 unspecified atom stereocenters. The predicted octanol–water partition coefficient (Wildman–Crippen LogP) is 1.56. The maximum absolute atomic E-state index is 12.5. The number of carbonyl (C=O) groups is 2. The standard InChI is InChI=1S/C21H30N6O2/c1-15-8-10-17(11-9-15)27-16(2)19(23-24-27)20(28)22-12-6-14-26-13-5-7-18(26)21(29)25(3)4/h8-11,18H,5-7,12-14H2,1-4H3,(H,22,28)/t18-/m1/s1. The Morgan fingerprint density at radius 3 is 2.62 bits per heavy atom. The number of rotatable bonds is 7. The van der Waals surface area contributed by atoms with Crippen LogP contribution in [-0.4, -0.2) is 76.4 Å². The van der Waals surface area contributed by atoms with Gasteiger partial charge in [0, 0.05) is 27.2 Å². The van der Waals surface area contributed by atoms with Gasteiger partial charge in [-0.3, -0.25) is 14.5 Å². The molecule has 1 aliphatic heterocycles. The molecule has 2 heterocycles. The average molecular weight is 399 g/mol. The summed E-state index contributed by atoms with van der Waals surface area (Å²) in [5.41, 5.74) is 3.09. The number of likely N-dealkylation sites (N-methyl/N-ethyl adjacent to an activating group) is 1. The molecule has 1 N–H and O–H groups in total. The van der Waals surface area contributed by atoms with Crippen LogP contribution >= 0.6 is 0 Å². The molecule has 0 spiro atoms. The van der Waals surface area contributed by atoms with E-state index in [-0.39, 0.29) is 17.9 Å². The molecule has 0 saturated carbocycles. The number of amides is 2. The fourth-order valence-corrected chi connectivity index (χ4v) is 3.71. The zero-order chi connectivity index (χ0) is 21.0. The van der Waals surface area contributed by atoms with Gasteiger partial charge in [-0.05, 0) is 51.8 Å². The quantitative estimate of drug-likeness (QED) is 0.716. The molecule has 1 aromatic heterocycles. The van der Waals surface area contributed by atoms with Crippen molar-refractivity contribution >= 4 is 11.8 Å². The van der Waals surface area contributed by atoms with E-state index in [2.05, 4.69) is 20.5 Å². The minimum absolute atomic E-state index is 0.0302. The van der Waals surface area contributed by atoms with Crippen molar-refractivity contribution in [1.29, 1.82) is 0 Å². The third-order valence-electron chi connectivity index (χ3n) is 5.39. The molecule has 1 fully saturated rings. The van der Waals surface area contributed by atoms with Crippen LogP contribution in [-0.2, 0) is 4.79 Å². The van der Waals surface area contributed by atoms with Crippen LogP contribution < -0.4 is 5.32 Å². The topological polar surface area (TPSA) is 83.4 Å². The number of likely N-dealkylation sites (tertiary alicyclic amines) is 1. The lowest BCUT2D eigenvalue weighted by Crippen LogP contribution is -2.43. The summed E-state index contributed by atoms with van der Waals surface area (Å²) in [6, 6.07) is 7.89. The van der Waals surface area contributed by atoms with E-state index in [4.69, 9.17) is 0 Å². The van der Waals surface area contributed by atoms with Crippen molar-refractivity contribution in [1.82, 2.24) is 30.1 Å². The van der Waals surface area contributed by atoms with Crippen molar-refractivity contribution in [2.45, 2.75) is 39.2 Å². The summed E-state index contributed by atoms with van der Waals surface area (Å²) in [6.45, 7) is 6.13. The summed E-state index contributed by atoms with van der Waals surface area (Å²) in [5.74, 6) is -0.0573. The lowest BCUT2D eigenvalue weighted by atomic mass is 10.2. The van der Waals surface area contributed by atoms with Gasteiger partial charge < -0.3 is 10.2 Å². The first-order valence-electron chi connectivity index (χ1n) is 10.1. The molecule has 29 heavy (non-hydrogen) atoms. The summed E-state index contributed by atoms with van der Waals surface area (Å²) in [5, 5.41) is 11.1. The average Bonchev–Trinajstić information content (AvgIpc) is 3.31. The number of carbonyl (C=O) groups excluding carboxylic acids is 2.